The van der Waals surface area contributed by atoms with E-state index in [1.54, 1.807) is 12.1 Å². The van der Waals surface area contributed by atoms with Crippen LogP contribution in [0.3, 0.4) is 0 Å². The number of hydrogen-bond donors (Lipinski definition) is 2. The number of aromatic nitrogens is 3. The molecule has 0 saturated heterocycles. The summed E-state index contributed by atoms with van der Waals surface area (Å²) in [5, 5.41) is 16.6. The third-order valence-corrected chi connectivity index (χ3v) is 3.19. The third-order valence-electron chi connectivity index (χ3n) is 2.46. The van der Waals surface area contributed by atoms with E-state index in [0.29, 0.717) is 5.52 Å². The molecule has 2 N–H and O–H groups in total. The van der Waals surface area contributed by atoms with E-state index in [1.165, 1.54) is 10.7 Å². The molecule has 9 heteroatoms. The highest BCUT2D eigenvalue weighted by Crippen LogP contribution is 2.15. The zero-order chi connectivity index (χ0) is 14.0. The number of nitrogens with zero attached hydrogens (tertiary/aromatic N) is 3. The zero-order valence-corrected chi connectivity index (χ0v) is 10.9. The third kappa shape index (κ3) is 3.06. The van der Waals surface area contributed by atoms with Crippen LogP contribution in [0, 0.1) is 0 Å². The van der Waals surface area contributed by atoms with Gasteiger partial charge in [0.1, 0.15) is 5.52 Å². The summed E-state index contributed by atoms with van der Waals surface area (Å²) in [4.78, 5) is 11.0. The molecule has 0 spiro atoms. The molecule has 0 unspecified atom stereocenters. The average Bonchev–Trinajstić information content (AvgIpc) is 2.70. The predicted molar refractivity (Wildman–Crippen MR) is 67.3 cm³/mol. The maximum Gasteiger partial charge on any atom is 0.338 e. The van der Waals surface area contributed by atoms with Gasteiger partial charge in [0.2, 0.25) is 10.0 Å². The Morgan fingerprint density at radius 3 is 2.84 bits per heavy atom. The van der Waals surface area contributed by atoms with Gasteiger partial charge in [-0.1, -0.05) is 11.3 Å². The van der Waals surface area contributed by atoms with Crippen molar-refractivity contribution in [2.24, 2.45) is 0 Å². The van der Waals surface area contributed by atoms with Crippen molar-refractivity contribution >= 4 is 27.0 Å². The van der Waals surface area contributed by atoms with Gasteiger partial charge in [-0.15, -0.1) is 5.10 Å². The lowest BCUT2D eigenvalue weighted by atomic mass is 10.2. The van der Waals surface area contributed by atoms with Crippen LogP contribution in [-0.4, -0.2) is 47.3 Å². The number of nitrogens with one attached hydrogen (secondary N) is 1. The topological polar surface area (TPSA) is 114 Å². The SMILES string of the molecule is CS(=O)(=O)NCCn1nnc2c(C(=O)O)cccc21. The quantitative estimate of drug-likeness (QED) is 0.777. The molecular formula is C10H12N4O4S. The Morgan fingerprint density at radius 1 is 1.47 bits per heavy atom. The highest BCUT2D eigenvalue weighted by molar-refractivity contribution is 7.88. The lowest BCUT2D eigenvalue weighted by Crippen LogP contribution is -2.26. The molecule has 0 amide bonds. The van der Waals surface area contributed by atoms with Crippen LogP contribution >= 0.6 is 0 Å². The van der Waals surface area contributed by atoms with Crippen LogP contribution in [0.15, 0.2) is 18.2 Å². The molecule has 1 aromatic carbocycles. The predicted octanol–water partition coefficient (Wildman–Crippen LogP) is -0.321. The maximum atomic E-state index is 11.0. The van der Waals surface area contributed by atoms with E-state index in [2.05, 4.69) is 15.0 Å². The summed E-state index contributed by atoms with van der Waals surface area (Å²) in [7, 11) is -3.26. The van der Waals surface area contributed by atoms with Crippen molar-refractivity contribution in [2.75, 3.05) is 12.8 Å². The lowest BCUT2D eigenvalue weighted by Gasteiger charge is -2.03. The van der Waals surface area contributed by atoms with E-state index >= 15 is 0 Å². The van der Waals surface area contributed by atoms with Crippen molar-refractivity contribution in [1.29, 1.82) is 0 Å². The molecule has 2 rings (SSSR count). The van der Waals surface area contributed by atoms with E-state index in [-0.39, 0.29) is 24.2 Å². The summed E-state index contributed by atoms with van der Waals surface area (Å²) < 4.78 is 25.7. The van der Waals surface area contributed by atoms with E-state index < -0.39 is 16.0 Å². The Morgan fingerprint density at radius 2 is 2.21 bits per heavy atom. The monoisotopic (exact) mass is 284 g/mol. The van der Waals surface area contributed by atoms with E-state index in [0.717, 1.165) is 6.26 Å². The van der Waals surface area contributed by atoms with Gasteiger partial charge in [-0.25, -0.2) is 22.6 Å². The molecule has 8 nitrogen and oxygen atoms in total. The molecule has 102 valence electrons. The zero-order valence-electron chi connectivity index (χ0n) is 10.1. The molecule has 0 radical (unpaired) electrons. The number of aromatic carboxylic acids is 1. The Labute approximate surface area is 109 Å². The molecule has 2 aromatic rings. The smallest absolute Gasteiger partial charge is 0.338 e. The molecule has 0 atom stereocenters. The Kier molecular flexibility index (Phi) is 3.49. The highest BCUT2D eigenvalue weighted by atomic mass is 32.2. The van der Waals surface area contributed by atoms with Crippen molar-refractivity contribution in [2.45, 2.75) is 6.54 Å². The van der Waals surface area contributed by atoms with Gasteiger partial charge in [0, 0.05) is 6.54 Å². The molecular weight excluding hydrogens is 272 g/mol. The lowest BCUT2D eigenvalue weighted by molar-refractivity contribution is 0.0699. The Hall–Kier alpha value is -2.00. The number of fused-ring (bicyclic) bond motifs is 1. The molecule has 0 aliphatic carbocycles. The Balaban J connectivity index is 2.26. The second-order valence-corrected chi connectivity index (χ2v) is 5.79. The maximum absolute atomic E-state index is 11.0. The fraction of sp³-hybridized carbons (Fsp3) is 0.300. The summed E-state index contributed by atoms with van der Waals surface area (Å²) in [5.74, 6) is -1.08. The average molecular weight is 284 g/mol. The number of carboxylic acids is 1. The molecule has 1 aromatic heterocycles. The fourth-order valence-corrected chi connectivity index (χ4v) is 2.13. The van der Waals surface area contributed by atoms with Gasteiger partial charge in [0.25, 0.3) is 0 Å². The van der Waals surface area contributed by atoms with Gasteiger partial charge in [-0.2, -0.15) is 0 Å². The van der Waals surface area contributed by atoms with Crippen LogP contribution < -0.4 is 4.72 Å². The van der Waals surface area contributed by atoms with Crippen molar-refractivity contribution < 1.29 is 18.3 Å². The van der Waals surface area contributed by atoms with Crippen LogP contribution in [0.4, 0.5) is 0 Å². The van der Waals surface area contributed by atoms with Crippen LogP contribution in [0.2, 0.25) is 0 Å². The van der Waals surface area contributed by atoms with Crippen LogP contribution in [0.25, 0.3) is 11.0 Å². The number of sulfonamides is 1. The number of hydrogen-bond acceptors (Lipinski definition) is 5. The number of rotatable bonds is 5. The van der Waals surface area contributed by atoms with Crippen LogP contribution in [0.1, 0.15) is 10.4 Å². The number of carbonyl (C=O) groups is 1. The van der Waals surface area contributed by atoms with Gasteiger partial charge in [0.05, 0.1) is 23.9 Å². The van der Waals surface area contributed by atoms with Crippen LogP contribution in [-0.2, 0) is 16.6 Å². The molecule has 0 aliphatic heterocycles. The summed E-state index contributed by atoms with van der Waals surface area (Å²) >= 11 is 0. The largest absolute Gasteiger partial charge is 0.478 e. The normalized spacial score (nSPS) is 11.8. The molecule has 0 bridgehead atoms. The second-order valence-electron chi connectivity index (χ2n) is 3.96. The summed E-state index contributed by atoms with van der Waals surface area (Å²) in [6, 6.07) is 4.72. The second kappa shape index (κ2) is 4.94. The first-order chi connectivity index (χ1) is 8.88. The van der Waals surface area contributed by atoms with Crippen molar-refractivity contribution in [1.82, 2.24) is 19.7 Å². The van der Waals surface area contributed by atoms with Gasteiger partial charge in [-0.05, 0) is 12.1 Å². The fourth-order valence-electron chi connectivity index (χ4n) is 1.67. The molecule has 0 aliphatic rings. The first kappa shape index (κ1) is 13.4. The minimum absolute atomic E-state index is 0.0693. The van der Waals surface area contributed by atoms with E-state index in [4.69, 9.17) is 5.11 Å². The van der Waals surface area contributed by atoms with Crippen molar-refractivity contribution in [3.8, 4) is 0 Å². The number of benzene rings is 1. The van der Waals surface area contributed by atoms with Gasteiger partial charge < -0.3 is 5.11 Å². The molecule has 0 fully saturated rings. The Bertz CT molecular complexity index is 722. The van der Waals surface area contributed by atoms with Crippen LogP contribution in [0.5, 0.6) is 0 Å². The van der Waals surface area contributed by atoms with Gasteiger partial charge in [-0.3, -0.25) is 0 Å². The highest BCUT2D eigenvalue weighted by Gasteiger charge is 2.13. The standard InChI is InChI=1S/C10H12N4O4S/c1-19(17,18)11-5-6-14-8-4-2-3-7(10(15)16)9(8)12-13-14/h2-4,11H,5-6H2,1H3,(H,15,16). The minimum Gasteiger partial charge on any atom is -0.478 e. The summed E-state index contributed by atoms with van der Waals surface area (Å²) in [6.45, 7) is 0.432. The summed E-state index contributed by atoms with van der Waals surface area (Å²) in [5.41, 5.74) is 0.907. The molecule has 0 saturated carbocycles. The van der Waals surface area contributed by atoms with E-state index in [1.807, 2.05) is 0 Å². The minimum atomic E-state index is -3.26. The first-order valence-electron chi connectivity index (χ1n) is 5.38. The van der Waals surface area contributed by atoms with Crippen molar-refractivity contribution in [3.63, 3.8) is 0 Å². The van der Waals surface area contributed by atoms with Gasteiger partial charge >= 0.3 is 5.97 Å². The van der Waals surface area contributed by atoms with Gasteiger partial charge in [0.15, 0.2) is 0 Å². The van der Waals surface area contributed by atoms with E-state index in [9.17, 15) is 13.2 Å². The number of carboxylic acid groups (broad SMARTS) is 1. The van der Waals surface area contributed by atoms with Crippen molar-refractivity contribution in [3.05, 3.63) is 23.8 Å². The molecule has 19 heavy (non-hydrogen) atoms. The summed E-state index contributed by atoms with van der Waals surface area (Å²) in [6.07, 6.45) is 1.06. The first-order valence-corrected chi connectivity index (χ1v) is 7.28. The molecule has 1 heterocycles.